The second-order valence-electron chi connectivity index (χ2n) is 5.29. The van der Waals surface area contributed by atoms with E-state index in [0.717, 1.165) is 12.2 Å². The third kappa shape index (κ3) is 3.80. The molecular formula is C11H20N4O2S. The third-order valence-corrected chi connectivity index (χ3v) is 4.62. The quantitative estimate of drug-likeness (QED) is 0.272. The zero-order chi connectivity index (χ0) is 13.6. The van der Waals surface area contributed by atoms with Crippen LogP contribution in [0.15, 0.2) is 5.11 Å². The lowest BCUT2D eigenvalue weighted by atomic mass is 9.79. The minimum Gasteiger partial charge on any atom is -0.468 e. The molecule has 0 aromatic carbocycles. The van der Waals surface area contributed by atoms with Crippen LogP contribution in [0.5, 0.6) is 0 Å². The highest BCUT2D eigenvalue weighted by Crippen LogP contribution is 2.39. The molecule has 1 rings (SSSR count). The van der Waals surface area contributed by atoms with Gasteiger partial charge in [0.1, 0.15) is 5.54 Å². The molecule has 0 amide bonds. The molecule has 1 atom stereocenters. The summed E-state index contributed by atoms with van der Waals surface area (Å²) in [6.45, 7) is 5.11. The van der Waals surface area contributed by atoms with Gasteiger partial charge in [0.25, 0.3) is 0 Å². The largest absolute Gasteiger partial charge is 0.468 e. The van der Waals surface area contributed by atoms with E-state index in [2.05, 4.69) is 29.2 Å². The van der Waals surface area contributed by atoms with Gasteiger partial charge < -0.3 is 10.1 Å². The fourth-order valence-electron chi connectivity index (χ4n) is 2.32. The summed E-state index contributed by atoms with van der Waals surface area (Å²) >= 11 is 1.75. The van der Waals surface area contributed by atoms with E-state index in [9.17, 15) is 4.79 Å². The number of thioether (sulfide) groups is 1. The van der Waals surface area contributed by atoms with Gasteiger partial charge in [0.2, 0.25) is 0 Å². The molecule has 0 aromatic rings. The van der Waals surface area contributed by atoms with Crippen LogP contribution in [-0.4, -0.2) is 43.2 Å². The van der Waals surface area contributed by atoms with Gasteiger partial charge in [0.05, 0.1) is 7.11 Å². The summed E-state index contributed by atoms with van der Waals surface area (Å²) in [5.74, 6) is 1.49. The number of esters is 1. The second kappa shape index (κ2) is 6.31. The summed E-state index contributed by atoms with van der Waals surface area (Å²) in [5, 5.41) is 6.68. The van der Waals surface area contributed by atoms with E-state index >= 15 is 0 Å². The van der Waals surface area contributed by atoms with Gasteiger partial charge in [-0.25, -0.2) is 0 Å². The Morgan fingerprint density at radius 1 is 1.56 bits per heavy atom. The van der Waals surface area contributed by atoms with Crippen LogP contribution in [-0.2, 0) is 9.53 Å². The van der Waals surface area contributed by atoms with Gasteiger partial charge in [0, 0.05) is 23.8 Å². The Morgan fingerprint density at radius 2 is 2.28 bits per heavy atom. The lowest BCUT2D eigenvalue weighted by molar-refractivity contribution is -0.149. The maximum Gasteiger partial charge on any atom is 0.326 e. The molecule has 1 unspecified atom stereocenters. The van der Waals surface area contributed by atoms with Crippen molar-refractivity contribution < 1.29 is 9.53 Å². The predicted molar refractivity (Wildman–Crippen MR) is 72.5 cm³/mol. The van der Waals surface area contributed by atoms with E-state index in [0.29, 0.717) is 18.8 Å². The van der Waals surface area contributed by atoms with Crippen LogP contribution in [0, 0.1) is 5.41 Å². The standard InChI is InChI=1S/C11H20N4O2S/c1-10(2)6-11(8-18-7-10,9(16)17-3)13-4-5-14-15-12/h13H,4-8H2,1-3H3. The number of rotatable bonds is 5. The van der Waals surface area contributed by atoms with E-state index in [1.165, 1.54) is 7.11 Å². The van der Waals surface area contributed by atoms with Gasteiger partial charge in [-0.2, -0.15) is 11.8 Å². The molecule has 1 aliphatic heterocycles. The summed E-state index contributed by atoms with van der Waals surface area (Å²) in [4.78, 5) is 14.7. The van der Waals surface area contributed by atoms with Crippen molar-refractivity contribution in [3.8, 4) is 0 Å². The maximum absolute atomic E-state index is 12.0. The van der Waals surface area contributed by atoms with Crippen LogP contribution < -0.4 is 5.32 Å². The number of hydrogen-bond acceptors (Lipinski definition) is 5. The fraction of sp³-hybridized carbons (Fsp3) is 0.909. The molecular weight excluding hydrogens is 252 g/mol. The van der Waals surface area contributed by atoms with Crippen molar-refractivity contribution in [3.05, 3.63) is 10.4 Å². The molecule has 0 aromatic heterocycles. The van der Waals surface area contributed by atoms with Crippen LogP contribution >= 0.6 is 11.8 Å². The van der Waals surface area contributed by atoms with Gasteiger partial charge >= 0.3 is 5.97 Å². The molecule has 1 aliphatic rings. The van der Waals surface area contributed by atoms with Crippen LogP contribution in [0.1, 0.15) is 20.3 Å². The first-order valence-electron chi connectivity index (χ1n) is 5.88. The summed E-state index contributed by atoms with van der Waals surface area (Å²) in [6.07, 6.45) is 0.732. The molecule has 18 heavy (non-hydrogen) atoms. The summed E-state index contributed by atoms with van der Waals surface area (Å²) < 4.78 is 4.93. The highest BCUT2D eigenvalue weighted by atomic mass is 32.2. The van der Waals surface area contributed by atoms with E-state index in [1.54, 1.807) is 11.8 Å². The number of azide groups is 1. The van der Waals surface area contributed by atoms with Gasteiger partial charge in [0.15, 0.2) is 0 Å². The first kappa shape index (κ1) is 15.1. The van der Waals surface area contributed by atoms with Crippen molar-refractivity contribution in [2.45, 2.75) is 25.8 Å². The van der Waals surface area contributed by atoms with Crippen molar-refractivity contribution in [1.82, 2.24) is 5.32 Å². The normalized spacial score (nSPS) is 26.2. The number of carbonyl (C=O) groups is 1. The Bertz CT molecular complexity index is 355. The molecule has 102 valence electrons. The molecule has 0 radical (unpaired) electrons. The van der Waals surface area contributed by atoms with Gasteiger partial charge in [-0.05, 0) is 23.1 Å². The van der Waals surface area contributed by atoms with Crippen molar-refractivity contribution in [2.75, 3.05) is 31.7 Å². The smallest absolute Gasteiger partial charge is 0.326 e. The van der Waals surface area contributed by atoms with Gasteiger partial charge in [-0.1, -0.05) is 19.0 Å². The number of hydrogen-bond donors (Lipinski definition) is 1. The lowest BCUT2D eigenvalue weighted by Crippen LogP contribution is -2.59. The highest BCUT2D eigenvalue weighted by molar-refractivity contribution is 7.99. The number of methoxy groups -OCH3 is 1. The SMILES string of the molecule is COC(=O)C1(NCCN=[N+]=[N-])CSCC(C)(C)C1. The average Bonchev–Trinajstić information content (AvgIpc) is 2.32. The Hall–Kier alpha value is -0.910. The molecule has 0 spiro atoms. The monoisotopic (exact) mass is 272 g/mol. The van der Waals surface area contributed by atoms with Gasteiger partial charge in [-0.15, -0.1) is 0 Å². The molecule has 1 fully saturated rings. The number of ether oxygens (including phenoxy) is 1. The average molecular weight is 272 g/mol. The minimum atomic E-state index is -0.661. The predicted octanol–water partition coefficient (Wildman–Crippen LogP) is 1.96. The molecule has 0 aliphatic carbocycles. The van der Waals surface area contributed by atoms with E-state index in [1.807, 2.05) is 0 Å². The van der Waals surface area contributed by atoms with E-state index in [-0.39, 0.29) is 11.4 Å². The van der Waals surface area contributed by atoms with Gasteiger partial charge in [-0.3, -0.25) is 4.79 Å². The Morgan fingerprint density at radius 3 is 2.83 bits per heavy atom. The first-order chi connectivity index (χ1) is 8.46. The molecule has 1 heterocycles. The van der Waals surface area contributed by atoms with Crippen LogP contribution in [0.3, 0.4) is 0 Å². The molecule has 7 heteroatoms. The molecule has 6 nitrogen and oxygen atoms in total. The number of nitrogens with zero attached hydrogens (tertiary/aromatic N) is 3. The minimum absolute atomic E-state index is 0.0859. The van der Waals surface area contributed by atoms with Crippen molar-refractivity contribution in [3.63, 3.8) is 0 Å². The van der Waals surface area contributed by atoms with Crippen molar-refractivity contribution >= 4 is 17.7 Å². The summed E-state index contributed by atoms with van der Waals surface area (Å²) in [7, 11) is 1.41. The van der Waals surface area contributed by atoms with Crippen LogP contribution in [0.2, 0.25) is 0 Å². The Kier molecular flexibility index (Phi) is 5.31. The molecule has 0 saturated carbocycles. The topological polar surface area (TPSA) is 87.1 Å². The summed E-state index contributed by atoms with van der Waals surface area (Å²) in [6, 6.07) is 0. The highest BCUT2D eigenvalue weighted by Gasteiger charge is 2.46. The lowest BCUT2D eigenvalue weighted by Gasteiger charge is -2.42. The third-order valence-electron chi connectivity index (χ3n) is 2.94. The zero-order valence-corrected chi connectivity index (χ0v) is 11.9. The Balaban J connectivity index is 2.75. The zero-order valence-electron chi connectivity index (χ0n) is 11.1. The maximum atomic E-state index is 12.0. The van der Waals surface area contributed by atoms with Crippen LogP contribution in [0.4, 0.5) is 0 Å². The van der Waals surface area contributed by atoms with E-state index < -0.39 is 5.54 Å². The molecule has 1 saturated heterocycles. The first-order valence-corrected chi connectivity index (χ1v) is 7.03. The number of carbonyl (C=O) groups excluding carboxylic acids is 1. The van der Waals surface area contributed by atoms with Crippen molar-refractivity contribution in [2.24, 2.45) is 10.5 Å². The van der Waals surface area contributed by atoms with Crippen LogP contribution in [0.25, 0.3) is 10.4 Å². The fourth-order valence-corrected chi connectivity index (χ4v) is 3.75. The number of nitrogens with one attached hydrogen (secondary N) is 1. The van der Waals surface area contributed by atoms with Crippen molar-refractivity contribution in [1.29, 1.82) is 0 Å². The second-order valence-corrected chi connectivity index (χ2v) is 6.27. The van der Waals surface area contributed by atoms with E-state index in [4.69, 9.17) is 10.3 Å². The molecule has 0 bridgehead atoms. The summed E-state index contributed by atoms with van der Waals surface area (Å²) in [5.41, 5.74) is 7.67. The molecule has 1 N–H and O–H groups in total. The Labute approximate surface area is 111 Å².